The molecule has 0 spiro atoms. The standard InChI is InChI=1S/C23H26N4OS2/c1-15-16(2)30-22-20(15)21(24-19(25-22)14-29-18-6-4-3-5-7-18)26-10-12-27(13-11-26)23(28)17-8-9-17/h3-7,17H,8-14H2,1-2H3. The Kier molecular flexibility index (Phi) is 5.41. The number of carbonyl (C=O) groups is 1. The van der Waals surface area contributed by atoms with Crippen molar-refractivity contribution in [3.8, 4) is 0 Å². The molecule has 2 aliphatic rings. The third kappa shape index (κ3) is 3.93. The molecule has 3 heterocycles. The lowest BCUT2D eigenvalue weighted by atomic mass is 10.2. The van der Waals surface area contributed by atoms with Gasteiger partial charge in [0.25, 0.3) is 0 Å². The average molecular weight is 439 g/mol. The fraction of sp³-hybridized carbons (Fsp3) is 0.435. The first-order valence-corrected chi connectivity index (χ1v) is 12.4. The number of benzene rings is 1. The summed E-state index contributed by atoms with van der Waals surface area (Å²) in [7, 11) is 0. The van der Waals surface area contributed by atoms with E-state index in [2.05, 4.69) is 43.0 Å². The van der Waals surface area contributed by atoms with Crippen molar-refractivity contribution in [2.24, 2.45) is 5.92 Å². The molecule has 7 heteroatoms. The molecule has 5 rings (SSSR count). The molecule has 1 saturated heterocycles. The molecule has 30 heavy (non-hydrogen) atoms. The molecule has 1 aromatic carbocycles. The van der Waals surface area contributed by atoms with Crippen LogP contribution in [0.1, 0.15) is 29.1 Å². The fourth-order valence-corrected chi connectivity index (χ4v) is 5.77. The van der Waals surface area contributed by atoms with Gasteiger partial charge in [0.2, 0.25) is 5.91 Å². The van der Waals surface area contributed by atoms with Crippen LogP contribution < -0.4 is 4.90 Å². The minimum absolute atomic E-state index is 0.297. The topological polar surface area (TPSA) is 49.3 Å². The quantitative estimate of drug-likeness (QED) is 0.542. The average Bonchev–Trinajstić information content (AvgIpc) is 3.58. The van der Waals surface area contributed by atoms with Gasteiger partial charge < -0.3 is 9.80 Å². The molecule has 0 radical (unpaired) electrons. The second kappa shape index (κ2) is 8.19. The van der Waals surface area contributed by atoms with E-state index in [1.165, 1.54) is 20.7 Å². The second-order valence-corrected chi connectivity index (χ2v) is 10.4. The van der Waals surface area contributed by atoms with Crippen molar-refractivity contribution >= 4 is 45.0 Å². The van der Waals surface area contributed by atoms with Gasteiger partial charge in [0.05, 0.1) is 11.1 Å². The summed E-state index contributed by atoms with van der Waals surface area (Å²) < 4.78 is 0. The second-order valence-electron chi connectivity index (χ2n) is 8.12. The summed E-state index contributed by atoms with van der Waals surface area (Å²) in [6, 6.07) is 10.4. The summed E-state index contributed by atoms with van der Waals surface area (Å²) in [5.74, 6) is 3.33. The van der Waals surface area contributed by atoms with Crippen LogP contribution in [0.5, 0.6) is 0 Å². The number of hydrogen-bond acceptors (Lipinski definition) is 6. The number of piperazine rings is 1. The third-order valence-corrected chi connectivity index (χ3v) is 8.09. The van der Waals surface area contributed by atoms with Gasteiger partial charge in [-0.3, -0.25) is 4.79 Å². The number of aromatic nitrogens is 2. The van der Waals surface area contributed by atoms with E-state index in [4.69, 9.17) is 9.97 Å². The highest BCUT2D eigenvalue weighted by Crippen LogP contribution is 2.37. The van der Waals surface area contributed by atoms with Crippen LogP contribution in [0.3, 0.4) is 0 Å². The summed E-state index contributed by atoms with van der Waals surface area (Å²) in [5, 5.41) is 1.19. The molecule has 0 unspecified atom stereocenters. The summed E-state index contributed by atoms with van der Waals surface area (Å²) in [5.41, 5.74) is 1.28. The van der Waals surface area contributed by atoms with Gasteiger partial charge in [-0.1, -0.05) is 18.2 Å². The predicted molar refractivity (Wildman–Crippen MR) is 124 cm³/mol. The smallest absolute Gasteiger partial charge is 0.225 e. The van der Waals surface area contributed by atoms with Gasteiger partial charge in [-0.2, -0.15) is 0 Å². The van der Waals surface area contributed by atoms with Crippen LogP contribution in [-0.2, 0) is 10.5 Å². The Hall–Kier alpha value is -2.12. The Morgan fingerprint density at radius 1 is 1.10 bits per heavy atom. The maximum absolute atomic E-state index is 12.4. The van der Waals surface area contributed by atoms with Crippen molar-refractivity contribution in [2.45, 2.75) is 37.3 Å². The van der Waals surface area contributed by atoms with Gasteiger partial charge in [0, 0.05) is 41.9 Å². The number of fused-ring (bicyclic) bond motifs is 1. The zero-order valence-corrected chi connectivity index (χ0v) is 19.1. The van der Waals surface area contributed by atoms with Crippen LogP contribution in [0, 0.1) is 19.8 Å². The highest BCUT2D eigenvalue weighted by Gasteiger charge is 2.35. The molecular formula is C23H26N4OS2. The van der Waals surface area contributed by atoms with E-state index < -0.39 is 0 Å². The molecule has 5 nitrogen and oxygen atoms in total. The Morgan fingerprint density at radius 3 is 2.53 bits per heavy atom. The molecule has 156 valence electrons. The van der Waals surface area contributed by atoms with E-state index in [0.717, 1.165) is 61.2 Å². The number of aryl methyl sites for hydroxylation is 2. The molecule has 0 N–H and O–H groups in total. The van der Waals surface area contributed by atoms with E-state index in [-0.39, 0.29) is 0 Å². The van der Waals surface area contributed by atoms with Crippen LogP contribution in [0.4, 0.5) is 5.82 Å². The Labute approximate surface area is 185 Å². The van der Waals surface area contributed by atoms with Gasteiger partial charge >= 0.3 is 0 Å². The monoisotopic (exact) mass is 438 g/mol. The molecule has 1 saturated carbocycles. The molecular weight excluding hydrogens is 412 g/mol. The van der Waals surface area contributed by atoms with E-state index in [0.29, 0.717) is 11.8 Å². The van der Waals surface area contributed by atoms with Crippen molar-refractivity contribution in [3.05, 3.63) is 46.6 Å². The van der Waals surface area contributed by atoms with Crippen molar-refractivity contribution in [3.63, 3.8) is 0 Å². The third-order valence-electron chi connectivity index (χ3n) is 5.98. The predicted octanol–water partition coefficient (Wildman–Crippen LogP) is 4.66. The van der Waals surface area contributed by atoms with E-state index >= 15 is 0 Å². The SMILES string of the molecule is Cc1sc2nc(CSc3ccccc3)nc(N3CCN(C(=O)C4CC4)CC3)c2c1C. The van der Waals surface area contributed by atoms with Crippen molar-refractivity contribution in [1.29, 1.82) is 0 Å². The number of thiophene rings is 1. The van der Waals surface area contributed by atoms with Crippen molar-refractivity contribution in [1.82, 2.24) is 14.9 Å². The number of amides is 1. The lowest BCUT2D eigenvalue weighted by Gasteiger charge is -2.36. The van der Waals surface area contributed by atoms with Crippen molar-refractivity contribution in [2.75, 3.05) is 31.1 Å². The van der Waals surface area contributed by atoms with Gasteiger partial charge in [-0.15, -0.1) is 23.1 Å². The first-order chi connectivity index (χ1) is 14.6. The van der Waals surface area contributed by atoms with Crippen LogP contribution in [0.25, 0.3) is 10.2 Å². The maximum atomic E-state index is 12.4. The highest BCUT2D eigenvalue weighted by atomic mass is 32.2. The Morgan fingerprint density at radius 2 is 1.83 bits per heavy atom. The molecule has 3 aromatic rings. The Bertz CT molecular complexity index is 1070. The molecule has 1 aliphatic carbocycles. The molecule has 2 fully saturated rings. The number of hydrogen-bond donors (Lipinski definition) is 0. The van der Waals surface area contributed by atoms with Crippen LogP contribution in [0.15, 0.2) is 35.2 Å². The van der Waals surface area contributed by atoms with Gasteiger partial charge in [0.15, 0.2) is 0 Å². The normalized spacial score (nSPS) is 17.0. The number of carbonyl (C=O) groups excluding carboxylic acids is 1. The molecule has 0 bridgehead atoms. The summed E-state index contributed by atoms with van der Waals surface area (Å²) in [6.45, 7) is 7.59. The number of rotatable bonds is 5. The molecule has 0 atom stereocenters. The maximum Gasteiger partial charge on any atom is 0.225 e. The molecule has 2 aromatic heterocycles. The van der Waals surface area contributed by atoms with Crippen LogP contribution in [-0.4, -0.2) is 47.0 Å². The fourth-order valence-electron chi connectivity index (χ4n) is 3.96. The zero-order chi connectivity index (χ0) is 20.7. The summed E-state index contributed by atoms with van der Waals surface area (Å²) in [4.78, 5) is 30.4. The first kappa shape index (κ1) is 19.8. The van der Waals surface area contributed by atoms with E-state index in [9.17, 15) is 4.79 Å². The minimum Gasteiger partial charge on any atom is -0.352 e. The lowest BCUT2D eigenvalue weighted by molar-refractivity contribution is -0.132. The van der Waals surface area contributed by atoms with Gasteiger partial charge in [-0.25, -0.2) is 9.97 Å². The largest absolute Gasteiger partial charge is 0.352 e. The number of anilines is 1. The molecule has 1 aliphatic heterocycles. The van der Waals surface area contributed by atoms with Gasteiger partial charge in [-0.05, 0) is 44.4 Å². The molecule has 1 amide bonds. The van der Waals surface area contributed by atoms with E-state index in [1.807, 2.05) is 11.0 Å². The van der Waals surface area contributed by atoms with Crippen LogP contribution in [0.2, 0.25) is 0 Å². The van der Waals surface area contributed by atoms with E-state index in [1.54, 1.807) is 23.1 Å². The summed E-state index contributed by atoms with van der Waals surface area (Å²) >= 11 is 3.53. The van der Waals surface area contributed by atoms with Crippen molar-refractivity contribution < 1.29 is 4.79 Å². The first-order valence-electron chi connectivity index (χ1n) is 10.6. The zero-order valence-electron chi connectivity index (χ0n) is 17.4. The Balaban J connectivity index is 1.40. The summed E-state index contributed by atoms with van der Waals surface area (Å²) in [6.07, 6.45) is 2.14. The highest BCUT2D eigenvalue weighted by molar-refractivity contribution is 7.98. The lowest BCUT2D eigenvalue weighted by Crippen LogP contribution is -2.49. The minimum atomic E-state index is 0.297. The number of thioether (sulfide) groups is 1. The number of nitrogens with zero attached hydrogens (tertiary/aromatic N) is 4. The van der Waals surface area contributed by atoms with Gasteiger partial charge in [0.1, 0.15) is 16.5 Å². The van der Waals surface area contributed by atoms with Crippen LogP contribution >= 0.6 is 23.1 Å².